The van der Waals surface area contributed by atoms with E-state index in [1.807, 2.05) is 6.07 Å². The summed E-state index contributed by atoms with van der Waals surface area (Å²) in [6, 6.07) is 3.54. The number of hydrogen-bond donors (Lipinski definition) is 1. The molecular weight excluding hydrogens is 324 g/mol. The van der Waals surface area contributed by atoms with Crippen molar-refractivity contribution in [2.75, 3.05) is 6.61 Å². The second kappa shape index (κ2) is 13.7. The monoisotopic (exact) mass is 362 g/mol. The van der Waals surface area contributed by atoms with E-state index in [0.29, 0.717) is 18.6 Å². The van der Waals surface area contributed by atoms with Crippen LogP contribution in [0.4, 0.5) is 0 Å². The molecule has 0 aliphatic carbocycles. The molecule has 0 spiro atoms. The van der Waals surface area contributed by atoms with Crippen molar-refractivity contribution in [1.29, 1.82) is 0 Å². The van der Waals surface area contributed by atoms with Gasteiger partial charge in [-0.25, -0.2) is 0 Å². The molecule has 0 aromatic heterocycles. The van der Waals surface area contributed by atoms with Gasteiger partial charge in [-0.15, -0.1) is 0 Å². The largest absolute Gasteiger partial charge is 0.507 e. The van der Waals surface area contributed by atoms with Crippen molar-refractivity contribution < 1.29 is 14.6 Å². The van der Waals surface area contributed by atoms with Gasteiger partial charge in [-0.3, -0.25) is 4.79 Å². The third-order valence-corrected chi connectivity index (χ3v) is 4.79. The van der Waals surface area contributed by atoms with E-state index in [0.717, 1.165) is 62.7 Å². The first-order valence-corrected chi connectivity index (χ1v) is 10.7. The predicted octanol–water partition coefficient (Wildman–Crippen LogP) is 6.85. The smallest absolute Gasteiger partial charge is 0.166 e. The van der Waals surface area contributed by atoms with Crippen LogP contribution in [-0.2, 0) is 6.42 Å². The van der Waals surface area contributed by atoms with Crippen molar-refractivity contribution in [3.8, 4) is 11.5 Å². The molecule has 3 nitrogen and oxygen atoms in total. The summed E-state index contributed by atoms with van der Waals surface area (Å²) in [5.41, 5.74) is 1.53. The maximum atomic E-state index is 12.5. The number of aryl methyl sites for hydroxylation is 1. The molecule has 0 heterocycles. The molecule has 0 fully saturated rings. The van der Waals surface area contributed by atoms with Crippen LogP contribution < -0.4 is 4.74 Å². The maximum Gasteiger partial charge on any atom is 0.166 e. The lowest BCUT2D eigenvalue weighted by Gasteiger charge is -2.14. The Hall–Kier alpha value is -1.51. The van der Waals surface area contributed by atoms with Crippen molar-refractivity contribution in [3.05, 3.63) is 23.3 Å². The average molecular weight is 363 g/mol. The number of carbonyl (C=O) groups is 1. The van der Waals surface area contributed by atoms with Crippen LogP contribution in [0.2, 0.25) is 0 Å². The van der Waals surface area contributed by atoms with Gasteiger partial charge < -0.3 is 9.84 Å². The lowest BCUT2D eigenvalue weighted by Crippen LogP contribution is -2.05. The van der Waals surface area contributed by atoms with Gasteiger partial charge in [-0.05, 0) is 37.3 Å². The number of benzene rings is 1. The minimum atomic E-state index is 0.0496. The summed E-state index contributed by atoms with van der Waals surface area (Å²) in [6.45, 7) is 7.15. The summed E-state index contributed by atoms with van der Waals surface area (Å²) in [5.74, 6) is 0.859. The minimum Gasteiger partial charge on any atom is -0.507 e. The van der Waals surface area contributed by atoms with Crippen LogP contribution in [0.5, 0.6) is 11.5 Å². The standard InChI is InChI=1S/C23H38O3/c1-4-7-10-12-14-19-17-20(21(24)15-13-11-8-5-2)22(25)18-23(19)26-16-9-6-3/h17-18,25H,4-16H2,1-3H3. The van der Waals surface area contributed by atoms with Crippen molar-refractivity contribution in [1.82, 2.24) is 0 Å². The average Bonchev–Trinajstić information content (AvgIpc) is 2.63. The summed E-state index contributed by atoms with van der Waals surface area (Å²) in [7, 11) is 0. The van der Waals surface area contributed by atoms with Crippen molar-refractivity contribution in [3.63, 3.8) is 0 Å². The maximum absolute atomic E-state index is 12.5. The van der Waals surface area contributed by atoms with Gasteiger partial charge in [-0.2, -0.15) is 0 Å². The first-order chi connectivity index (χ1) is 12.6. The molecule has 3 heteroatoms. The van der Waals surface area contributed by atoms with Crippen LogP contribution in [0.15, 0.2) is 12.1 Å². The minimum absolute atomic E-state index is 0.0496. The molecule has 26 heavy (non-hydrogen) atoms. The fourth-order valence-electron chi connectivity index (χ4n) is 3.08. The van der Waals surface area contributed by atoms with Gasteiger partial charge in [-0.1, -0.05) is 65.7 Å². The highest BCUT2D eigenvalue weighted by atomic mass is 16.5. The van der Waals surface area contributed by atoms with Gasteiger partial charge in [0.05, 0.1) is 12.2 Å². The topological polar surface area (TPSA) is 46.5 Å². The normalized spacial score (nSPS) is 10.9. The second-order valence-electron chi connectivity index (χ2n) is 7.22. The van der Waals surface area contributed by atoms with Gasteiger partial charge in [0, 0.05) is 12.5 Å². The van der Waals surface area contributed by atoms with Crippen LogP contribution in [-0.4, -0.2) is 17.5 Å². The zero-order valence-electron chi connectivity index (χ0n) is 17.1. The first-order valence-electron chi connectivity index (χ1n) is 10.7. The molecular formula is C23H38O3. The summed E-state index contributed by atoms with van der Waals surface area (Å²) in [6.07, 6.45) is 12.5. The second-order valence-corrected chi connectivity index (χ2v) is 7.22. The molecule has 0 unspecified atom stereocenters. The van der Waals surface area contributed by atoms with E-state index in [-0.39, 0.29) is 11.5 Å². The molecule has 0 amide bonds. The molecule has 0 radical (unpaired) electrons. The Kier molecular flexibility index (Phi) is 11.8. The van der Waals surface area contributed by atoms with E-state index in [1.165, 1.54) is 19.3 Å². The Balaban J connectivity index is 2.84. The Morgan fingerprint density at radius 2 is 1.54 bits per heavy atom. The van der Waals surface area contributed by atoms with E-state index in [1.54, 1.807) is 6.07 Å². The number of carbonyl (C=O) groups excluding carboxylic acids is 1. The Morgan fingerprint density at radius 3 is 2.19 bits per heavy atom. The number of phenols is 1. The summed E-state index contributed by atoms with van der Waals surface area (Å²) < 4.78 is 5.89. The number of rotatable bonds is 15. The van der Waals surface area contributed by atoms with E-state index < -0.39 is 0 Å². The number of hydrogen-bond acceptors (Lipinski definition) is 3. The number of phenolic OH excluding ortho intramolecular Hbond substituents is 1. The quantitative estimate of drug-likeness (QED) is 0.274. The summed E-state index contributed by atoms with van der Waals surface area (Å²) >= 11 is 0. The van der Waals surface area contributed by atoms with Crippen LogP contribution in [0.1, 0.15) is 107 Å². The van der Waals surface area contributed by atoms with E-state index in [2.05, 4.69) is 20.8 Å². The first kappa shape index (κ1) is 22.5. The van der Waals surface area contributed by atoms with Gasteiger partial charge in [0.2, 0.25) is 0 Å². The molecule has 1 rings (SSSR count). The lowest BCUT2D eigenvalue weighted by molar-refractivity contribution is 0.0976. The van der Waals surface area contributed by atoms with Crippen LogP contribution in [0.25, 0.3) is 0 Å². The zero-order chi connectivity index (χ0) is 19.2. The molecule has 0 bridgehead atoms. The molecule has 148 valence electrons. The van der Waals surface area contributed by atoms with Gasteiger partial charge >= 0.3 is 0 Å². The molecule has 1 aromatic carbocycles. The van der Waals surface area contributed by atoms with Crippen molar-refractivity contribution >= 4 is 5.78 Å². The zero-order valence-corrected chi connectivity index (χ0v) is 17.1. The highest BCUT2D eigenvalue weighted by Crippen LogP contribution is 2.31. The SMILES string of the molecule is CCCCCCC(=O)c1cc(CCCCCC)c(OCCCC)cc1O. The third-order valence-electron chi connectivity index (χ3n) is 4.79. The highest BCUT2D eigenvalue weighted by Gasteiger charge is 2.16. The van der Waals surface area contributed by atoms with E-state index in [4.69, 9.17) is 4.74 Å². The Labute approximate surface area is 160 Å². The Morgan fingerprint density at radius 1 is 0.885 bits per heavy atom. The molecule has 0 atom stereocenters. The van der Waals surface area contributed by atoms with Crippen LogP contribution in [0.3, 0.4) is 0 Å². The summed E-state index contributed by atoms with van der Waals surface area (Å²) in [5, 5.41) is 10.4. The van der Waals surface area contributed by atoms with Gasteiger partial charge in [0.1, 0.15) is 11.5 Å². The van der Waals surface area contributed by atoms with Crippen molar-refractivity contribution in [2.45, 2.75) is 97.8 Å². The van der Waals surface area contributed by atoms with E-state index >= 15 is 0 Å². The molecule has 1 aromatic rings. The predicted molar refractivity (Wildman–Crippen MR) is 109 cm³/mol. The molecule has 1 N–H and O–H groups in total. The molecule has 0 saturated heterocycles. The highest BCUT2D eigenvalue weighted by molar-refractivity contribution is 5.99. The lowest BCUT2D eigenvalue weighted by atomic mass is 9.97. The third kappa shape index (κ3) is 8.25. The number of unbranched alkanes of at least 4 members (excludes halogenated alkanes) is 7. The number of ketones is 1. The fraction of sp³-hybridized carbons (Fsp3) is 0.696. The molecule has 0 aliphatic rings. The van der Waals surface area contributed by atoms with Crippen LogP contribution in [0, 0.1) is 0 Å². The molecule has 0 aliphatic heterocycles. The fourth-order valence-corrected chi connectivity index (χ4v) is 3.08. The van der Waals surface area contributed by atoms with E-state index in [9.17, 15) is 9.90 Å². The van der Waals surface area contributed by atoms with Gasteiger partial charge in [0.15, 0.2) is 5.78 Å². The van der Waals surface area contributed by atoms with Crippen molar-refractivity contribution in [2.24, 2.45) is 0 Å². The number of ether oxygens (including phenoxy) is 1. The summed E-state index contributed by atoms with van der Waals surface area (Å²) in [4.78, 5) is 12.5. The number of aromatic hydroxyl groups is 1. The molecule has 0 saturated carbocycles. The Bertz CT molecular complexity index is 522. The number of Topliss-reactive ketones (excluding diaryl/α,β-unsaturated/α-hetero) is 1. The van der Waals surface area contributed by atoms with Crippen LogP contribution >= 0.6 is 0 Å². The van der Waals surface area contributed by atoms with Gasteiger partial charge in [0.25, 0.3) is 0 Å².